The zero-order valence-corrected chi connectivity index (χ0v) is 9.33. The average Bonchev–Trinajstić information content (AvgIpc) is 2.15. The van der Waals surface area contributed by atoms with Crippen LogP contribution in [0, 0.1) is 0 Å². The number of hydrogen-bond donors (Lipinski definition) is 1. The molecule has 0 unspecified atom stereocenters. The smallest absolute Gasteiger partial charge is 0.122 e. The Labute approximate surface area is 87.0 Å². The Bertz CT molecular complexity index is 173. The summed E-state index contributed by atoms with van der Waals surface area (Å²) in [5.74, 6) is 0. The molecule has 14 heavy (non-hydrogen) atoms. The summed E-state index contributed by atoms with van der Waals surface area (Å²) in [5, 5.41) is 9.38. The first kappa shape index (κ1) is 13.4. The Hall–Kier alpha value is -0.630. The van der Waals surface area contributed by atoms with E-state index in [0.29, 0.717) is 6.42 Å². The van der Waals surface area contributed by atoms with E-state index >= 15 is 0 Å². The molecule has 0 aromatic heterocycles. The lowest BCUT2D eigenvalue weighted by atomic mass is 10.0. The number of carbonyl (C=O) groups is 1. The predicted molar refractivity (Wildman–Crippen MR) is 59.2 cm³/mol. The van der Waals surface area contributed by atoms with Gasteiger partial charge in [0.15, 0.2) is 0 Å². The predicted octanol–water partition coefficient (Wildman–Crippen LogP) is 2.85. The van der Waals surface area contributed by atoms with E-state index in [-0.39, 0.29) is 6.42 Å². The minimum absolute atomic E-state index is 0.269. The molecule has 0 aliphatic heterocycles. The van der Waals surface area contributed by atoms with Gasteiger partial charge in [0.25, 0.3) is 0 Å². The minimum atomic E-state index is -0.454. The van der Waals surface area contributed by atoms with Crippen LogP contribution >= 0.6 is 0 Å². The van der Waals surface area contributed by atoms with Gasteiger partial charge in [-0.1, -0.05) is 31.9 Å². The second-order valence-corrected chi connectivity index (χ2v) is 3.62. The third-order valence-corrected chi connectivity index (χ3v) is 2.23. The van der Waals surface area contributed by atoms with Crippen molar-refractivity contribution < 1.29 is 9.90 Å². The van der Waals surface area contributed by atoms with Crippen molar-refractivity contribution in [3.8, 4) is 0 Å². The van der Waals surface area contributed by atoms with Gasteiger partial charge in [0.1, 0.15) is 6.29 Å². The summed E-state index contributed by atoms with van der Waals surface area (Å²) in [4.78, 5) is 10.1. The fraction of sp³-hybridized carbons (Fsp3) is 0.750. The maximum Gasteiger partial charge on any atom is 0.122 e. The van der Waals surface area contributed by atoms with Crippen LogP contribution in [-0.4, -0.2) is 17.5 Å². The molecule has 0 saturated heterocycles. The van der Waals surface area contributed by atoms with Crippen molar-refractivity contribution in [2.45, 2.75) is 58.5 Å². The Balaban J connectivity index is 3.80. The van der Waals surface area contributed by atoms with Gasteiger partial charge >= 0.3 is 0 Å². The molecular weight excluding hydrogens is 176 g/mol. The van der Waals surface area contributed by atoms with Gasteiger partial charge < -0.3 is 9.90 Å². The third-order valence-electron chi connectivity index (χ3n) is 2.23. The van der Waals surface area contributed by atoms with Crippen LogP contribution in [0.1, 0.15) is 52.4 Å². The molecule has 1 N–H and O–H groups in total. The normalized spacial score (nSPS) is 14.1. The molecule has 82 valence electrons. The van der Waals surface area contributed by atoms with Crippen molar-refractivity contribution in [2.75, 3.05) is 0 Å². The van der Waals surface area contributed by atoms with Gasteiger partial charge in [-0.2, -0.15) is 0 Å². The minimum Gasteiger partial charge on any atom is -0.393 e. The lowest BCUT2D eigenvalue weighted by Gasteiger charge is -2.09. The number of carbonyl (C=O) groups excluding carboxylic acids is 1. The van der Waals surface area contributed by atoms with Crippen LogP contribution in [0.25, 0.3) is 0 Å². The maximum atomic E-state index is 10.1. The molecule has 0 radical (unpaired) electrons. The first-order valence-electron chi connectivity index (χ1n) is 5.54. The number of aliphatic hydroxyl groups excluding tert-OH is 1. The van der Waals surface area contributed by atoms with E-state index in [2.05, 4.69) is 19.9 Å². The molecule has 0 aliphatic rings. The highest BCUT2D eigenvalue weighted by atomic mass is 16.3. The van der Waals surface area contributed by atoms with Crippen LogP contribution < -0.4 is 0 Å². The first-order valence-corrected chi connectivity index (χ1v) is 5.54. The molecule has 0 aromatic carbocycles. The van der Waals surface area contributed by atoms with Crippen molar-refractivity contribution >= 4 is 6.29 Å². The highest BCUT2D eigenvalue weighted by molar-refractivity contribution is 5.49. The van der Waals surface area contributed by atoms with Crippen molar-refractivity contribution in [1.29, 1.82) is 0 Å². The number of aldehydes is 1. The Morgan fingerprint density at radius 2 is 2.07 bits per heavy atom. The van der Waals surface area contributed by atoms with Crippen LogP contribution in [0.15, 0.2) is 11.6 Å². The van der Waals surface area contributed by atoms with E-state index in [1.54, 1.807) is 0 Å². The summed E-state index contributed by atoms with van der Waals surface area (Å²) < 4.78 is 0. The second-order valence-electron chi connectivity index (χ2n) is 3.62. The Morgan fingerprint density at radius 3 is 2.57 bits per heavy atom. The lowest BCUT2D eigenvalue weighted by Crippen LogP contribution is -2.07. The fourth-order valence-corrected chi connectivity index (χ4v) is 1.52. The van der Waals surface area contributed by atoms with Crippen molar-refractivity contribution in [2.24, 2.45) is 0 Å². The molecule has 0 bridgehead atoms. The third kappa shape index (κ3) is 6.84. The molecule has 0 rings (SSSR count). The molecular formula is C12H22O2. The quantitative estimate of drug-likeness (QED) is 0.481. The standard InChI is InChI=1S/C12H22O2/c1-3-5-11(6-4-2)7-8-12(14)9-10-13/h5,10,12,14H,3-4,6-9H2,1-2H3/t12-/m0/s1. The molecule has 0 aromatic rings. The molecule has 2 heteroatoms. The topological polar surface area (TPSA) is 37.3 Å². The summed E-state index contributed by atoms with van der Waals surface area (Å²) in [6.07, 6.45) is 7.79. The molecule has 0 aliphatic carbocycles. The van der Waals surface area contributed by atoms with Crippen molar-refractivity contribution in [3.05, 3.63) is 11.6 Å². The molecule has 0 heterocycles. The number of allylic oxidation sites excluding steroid dienone is 2. The van der Waals surface area contributed by atoms with E-state index in [9.17, 15) is 9.90 Å². The molecule has 0 amide bonds. The van der Waals surface area contributed by atoms with Gasteiger partial charge in [-0.15, -0.1) is 0 Å². The van der Waals surface area contributed by atoms with Crippen LogP contribution in [-0.2, 0) is 4.79 Å². The molecule has 2 nitrogen and oxygen atoms in total. The fourth-order valence-electron chi connectivity index (χ4n) is 1.52. The lowest BCUT2D eigenvalue weighted by molar-refractivity contribution is -0.109. The molecule has 0 saturated carbocycles. The van der Waals surface area contributed by atoms with Gasteiger partial charge in [0.2, 0.25) is 0 Å². The summed E-state index contributed by atoms with van der Waals surface area (Å²) in [5.41, 5.74) is 1.42. The summed E-state index contributed by atoms with van der Waals surface area (Å²) in [6.45, 7) is 4.28. The number of rotatable bonds is 8. The van der Waals surface area contributed by atoms with Gasteiger partial charge in [-0.05, 0) is 25.7 Å². The summed E-state index contributed by atoms with van der Waals surface area (Å²) in [7, 11) is 0. The van der Waals surface area contributed by atoms with Crippen LogP contribution in [0.3, 0.4) is 0 Å². The summed E-state index contributed by atoms with van der Waals surface area (Å²) >= 11 is 0. The van der Waals surface area contributed by atoms with Gasteiger partial charge in [0.05, 0.1) is 6.10 Å². The van der Waals surface area contributed by atoms with Crippen LogP contribution in [0.4, 0.5) is 0 Å². The second kappa shape index (κ2) is 8.95. The van der Waals surface area contributed by atoms with E-state index in [0.717, 1.165) is 32.0 Å². The molecule has 1 atom stereocenters. The SMILES string of the molecule is CCC=C(CCC)CC[C@H](O)CC=O. The number of hydrogen-bond acceptors (Lipinski definition) is 2. The highest BCUT2D eigenvalue weighted by Gasteiger charge is 2.04. The monoisotopic (exact) mass is 198 g/mol. The van der Waals surface area contributed by atoms with Gasteiger partial charge in [-0.25, -0.2) is 0 Å². The van der Waals surface area contributed by atoms with E-state index in [1.807, 2.05) is 0 Å². The zero-order chi connectivity index (χ0) is 10.8. The summed E-state index contributed by atoms with van der Waals surface area (Å²) in [6, 6.07) is 0. The van der Waals surface area contributed by atoms with Gasteiger partial charge in [0, 0.05) is 6.42 Å². The maximum absolute atomic E-state index is 10.1. The largest absolute Gasteiger partial charge is 0.393 e. The Morgan fingerprint density at radius 1 is 1.36 bits per heavy atom. The Kier molecular flexibility index (Phi) is 8.54. The van der Waals surface area contributed by atoms with E-state index < -0.39 is 6.10 Å². The average molecular weight is 198 g/mol. The molecule has 0 spiro atoms. The van der Waals surface area contributed by atoms with E-state index in [1.165, 1.54) is 5.57 Å². The molecule has 0 fully saturated rings. The number of aliphatic hydroxyl groups is 1. The van der Waals surface area contributed by atoms with Crippen LogP contribution in [0.2, 0.25) is 0 Å². The van der Waals surface area contributed by atoms with Crippen molar-refractivity contribution in [3.63, 3.8) is 0 Å². The first-order chi connectivity index (χ1) is 6.74. The zero-order valence-electron chi connectivity index (χ0n) is 9.33. The highest BCUT2D eigenvalue weighted by Crippen LogP contribution is 2.15. The van der Waals surface area contributed by atoms with E-state index in [4.69, 9.17) is 0 Å². The van der Waals surface area contributed by atoms with Crippen molar-refractivity contribution in [1.82, 2.24) is 0 Å². The van der Waals surface area contributed by atoms with Gasteiger partial charge in [-0.3, -0.25) is 0 Å². The van der Waals surface area contributed by atoms with Crippen LogP contribution in [0.5, 0.6) is 0 Å².